The number of rotatable bonds is 17. The Morgan fingerprint density at radius 3 is 2.63 bits per heavy atom. The van der Waals surface area contributed by atoms with Gasteiger partial charge in [0.15, 0.2) is 28.2 Å². The molecule has 1 aromatic carbocycles. The number of aliphatic hydroxyl groups excluding tert-OH is 1. The zero-order valence-electron chi connectivity index (χ0n) is 28.3. The standard InChI is InChI=1S/C31H44FN6O9PS/c1-7-43-25-22-24(36-29(33)37-25)38(18-34-22)27-31(6,32)23(39)21(47-27)16-46-48(42,35-15-20-11-9-8-10-12-20)45-13-14-49-28(41)30(4,5)17-44-26(40)19(2)3/h8-12,18-19,21,23,27,39H,7,13-17H2,1-6H3,(H,35,42)(H2,33,36,37)/t21?,23-,27-,31-,48?/m1/s1. The summed E-state index contributed by atoms with van der Waals surface area (Å²) in [6.07, 6.45) is -3.15. The summed E-state index contributed by atoms with van der Waals surface area (Å²) in [5.74, 6) is -0.629. The molecule has 4 N–H and O–H groups in total. The van der Waals surface area contributed by atoms with Crippen LogP contribution in [0.25, 0.3) is 11.2 Å². The lowest BCUT2D eigenvalue weighted by Crippen LogP contribution is -2.40. The number of hydrogen-bond donors (Lipinski definition) is 3. The highest BCUT2D eigenvalue weighted by Crippen LogP contribution is 2.48. The fraction of sp³-hybridized carbons (Fsp3) is 0.581. The Morgan fingerprint density at radius 2 is 1.96 bits per heavy atom. The summed E-state index contributed by atoms with van der Waals surface area (Å²) < 4.78 is 59.4. The van der Waals surface area contributed by atoms with E-state index in [1.54, 1.807) is 34.6 Å². The Hall–Kier alpha value is -3.18. The van der Waals surface area contributed by atoms with Crippen LogP contribution in [0.4, 0.5) is 10.3 Å². The van der Waals surface area contributed by atoms with Crippen molar-refractivity contribution in [2.75, 3.05) is 37.9 Å². The minimum Gasteiger partial charge on any atom is -0.476 e. The quantitative estimate of drug-likeness (QED) is 0.101. The first-order chi connectivity index (χ1) is 23.1. The van der Waals surface area contributed by atoms with E-state index >= 15 is 4.39 Å². The van der Waals surface area contributed by atoms with Crippen molar-refractivity contribution >= 4 is 47.7 Å². The molecule has 49 heavy (non-hydrogen) atoms. The minimum atomic E-state index is -4.11. The van der Waals surface area contributed by atoms with E-state index in [-0.39, 0.29) is 66.1 Å². The Labute approximate surface area is 288 Å². The van der Waals surface area contributed by atoms with E-state index in [2.05, 4.69) is 20.0 Å². The van der Waals surface area contributed by atoms with E-state index in [1.807, 2.05) is 30.3 Å². The molecule has 3 heterocycles. The lowest BCUT2D eigenvalue weighted by Gasteiger charge is -2.25. The van der Waals surface area contributed by atoms with Crippen LogP contribution >= 0.6 is 19.5 Å². The third-order valence-electron chi connectivity index (χ3n) is 7.56. The van der Waals surface area contributed by atoms with Gasteiger partial charge in [-0.1, -0.05) is 55.9 Å². The van der Waals surface area contributed by atoms with E-state index in [9.17, 15) is 19.3 Å². The summed E-state index contributed by atoms with van der Waals surface area (Å²) in [4.78, 5) is 37.2. The predicted octanol–water partition coefficient (Wildman–Crippen LogP) is 4.21. The number of ether oxygens (including phenoxy) is 3. The van der Waals surface area contributed by atoms with Crippen LogP contribution in [0.3, 0.4) is 0 Å². The minimum absolute atomic E-state index is 0.0853. The summed E-state index contributed by atoms with van der Waals surface area (Å²) in [6, 6.07) is 9.08. The smallest absolute Gasteiger partial charge is 0.405 e. The topological polar surface area (TPSA) is 199 Å². The predicted molar refractivity (Wildman–Crippen MR) is 180 cm³/mol. The molecule has 270 valence electrons. The van der Waals surface area contributed by atoms with Crippen LogP contribution in [0.5, 0.6) is 5.88 Å². The van der Waals surface area contributed by atoms with E-state index < -0.39 is 49.8 Å². The summed E-state index contributed by atoms with van der Waals surface area (Å²) in [6.45, 7) is 9.25. The van der Waals surface area contributed by atoms with Crippen LogP contribution in [0.2, 0.25) is 0 Å². The first kappa shape index (κ1) is 38.6. The number of halogens is 1. The molecule has 1 saturated heterocycles. The fourth-order valence-electron chi connectivity index (χ4n) is 4.71. The van der Waals surface area contributed by atoms with Crippen molar-refractivity contribution in [1.29, 1.82) is 0 Å². The van der Waals surface area contributed by atoms with E-state index in [1.165, 1.54) is 10.9 Å². The highest BCUT2D eigenvalue weighted by molar-refractivity contribution is 8.13. The summed E-state index contributed by atoms with van der Waals surface area (Å²) in [5, 5.41) is 13.5. The lowest BCUT2D eigenvalue weighted by molar-refractivity contribution is -0.151. The first-order valence-corrected chi connectivity index (χ1v) is 18.3. The molecule has 5 atom stereocenters. The highest BCUT2D eigenvalue weighted by atomic mass is 32.2. The van der Waals surface area contributed by atoms with Gasteiger partial charge in [-0.05, 0) is 33.3 Å². The molecule has 1 aliphatic rings. The van der Waals surface area contributed by atoms with Gasteiger partial charge in [-0.25, -0.2) is 19.0 Å². The number of carbonyl (C=O) groups is 2. The van der Waals surface area contributed by atoms with Crippen molar-refractivity contribution in [2.45, 2.75) is 72.2 Å². The Morgan fingerprint density at radius 1 is 1.24 bits per heavy atom. The molecule has 2 aromatic heterocycles. The first-order valence-electron chi connectivity index (χ1n) is 15.7. The second-order valence-corrected chi connectivity index (χ2v) is 15.4. The fourth-order valence-corrected chi connectivity index (χ4v) is 6.95. The van der Waals surface area contributed by atoms with Crippen molar-refractivity contribution in [3.8, 4) is 5.88 Å². The molecular weight excluding hydrogens is 682 g/mol. The highest BCUT2D eigenvalue weighted by Gasteiger charge is 2.56. The van der Waals surface area contributed by atoms with Gasteiger partial charge in [-0.15, -0.1) is 0 Å². The van der Waals surface area contributed by atoms with E-state index in [4.69, 9.17) is 29.0 Å². The van der Waals surface area contributed by atoms with Crippen LogP contribution in [-0.2, 0) is 39.2 Å². The summed E-state index contributed by atoms with van der Waals surface area (Å²) in [5.41, 5.74) is 3.66. The Kier molecular flexibility index (Phi) is 12.8. The van der Waals surface area contributed by atoms with Crippen LogP contribution in [-0.4, -0.2) is 85.8 Å². The summed E-state index contributed by atoms with van der Waals surface area (Å²) in [7, 11) is -4.11. The number of alkyl halides is 1. The second-order valence-electron chi connectivity index (χ2n) is 12.5. The van der Waals surface area contributed by atoms with Crippen molar-refractivity contribution in [3.05, 3.63) is 42.2 Å². The van der Waals surface area contributed by atoms with E-state index in [0.717, 1.165) is 24.2 Å². The number of thioether (sulfide) groups is 1. The number of nitrogens with one attached hydrogen (secondary N) is 1. The van der Waals surface area contributed by atoms with Crippen LogP contribution in [0.15, 0.2) is 36.7 Å². The number of imidazole rings is 1. The maximum absolute atomic E-state index is 16.1. The number of nitrogens with zero attached hydrogens (tertiary/aromatic N) is 4. The molecule has 15 nitrogen and oxygen atoms in total. The molecular formula is C31H44FN6O9PS. The molecule has 1 fully saturated rings. The molecule has 4 rings (SSSR count). The molecule has 18 heteroatoms. The molecule has 0 radical (unpaired) electrons. The maximum atomic E-state index is 16.1. The molecule has 0 saturated carbocycles. The van der Waals surface area contributed by atoms with Gasteiger partial charge in [-0.2, -0.15) is 9.97 Å². The molecule has 2 unspecified atom stereocenters. The number of hydrogen-bond acceptors (Lipinski definition) is 14. The number of esters is 1. The molecule has 0 aliphatic carbocycles. The number of nitrogen functional groups attached to an aromatic ring is 1. The number of aromatic nitrogens is 4. The average molecular weight is 727 g/mol. The van der Waals surface area contributed by atoms with Gasteiger partial charge >= 0.3 is 13.7 Å². The Bertz CT molecular complexity index is 1640. The molecule has 0 amide bonds. The molecule has 3 aromatic rings. The van der Waals surface area contributed by atoms with Crippen LogP contribution in [0, 0.1) is 11.3 Å². The van der Waals surface area contributed by atoms with Crippen LogP contribution in [0.1, 0.15) is 53.3 Å². The largest absolute Gasteiger partial charge is 0.476 e. The number of fused-ring (bicyclic) bond motifs is 1. The zero-order valence-corrected chi connectivity index (χ0v) is 30.0. The van der Waals surface area contributed by atoms with Crippen LogP contribution < -0.4 is 15.6 Å². The number of anilines is 1. The number of carbonyl (C=O) groups excluding carboxylic acids is 2. The van der Waals surface area contributed by atoms with E-state index in [0.29, 0.717) is 0 Å². The van der Waals surface area contributed by atoms with Gasteiger partial charge in [0.05, 0.1) is 37.5 Å². The van der Waals surface area contributed by atoms with Gasteiger partial charge in [0.1, 0.15) is 18.8 Å². The third kappa shape index (κ3) is 9.54. The maximum Gasteiger partial charge on any atom is 0.405 e. The number of benzene rings is 1. The number of aliphatic hydroxyl groups is 1. The van der Waals surface area contributed by atoms with Crippen molar-refractivity contribution < 1.29 is 46.9 Å². The molecule has 1 aliphatic heterocycles. The van der Waals surface area contributed by atoms with Gasteiger partial charge in [0, 0.05) is 12.3 Å². The normalized spacial score (nSPS) is 22.3. The third-order valence-corrected chi connectivity index (χ3v) is 10.3. The van der Waals surface area contributed by atoms with Gasteiger partial charge in [0.2, 0.25) is 11.8 Å². The van der Waals surface area contributed by atoms with Gasteiger partial charge in [0.25, 0.3) is 0 Å². The second kappa shape index (κ2) is 16.2. The molecule has 0 bridgehead atoms. The van der Waals surface area contributed by atoms with Crippen molar-refractivity contribution in [2.24, 2.45) is 11.3 Å². The average Bonchev–Trinajstić information content (AvgIpc) is 3.57. The number of nitrogens with two attached hydrogens (primary N) is 1. The van der Waals surface area contributed by atoms with Gasteiger partial charge < -0.3 is 25.1 Å². The SMILES string of the molecule is CCOc1nc(N)nc2c1ncn2[C@@H]1OC(COP(=O)(NCc2ccccc2)OCCSC(=O)C(C)(C)COC(=O)C(C)C)[C@@H](O)[C@@]1(C)F. The van der Waals surface area contributed by atoms with Crippen molar-refractivity contribution in [3.63, 3.8) is 0 Å². The molecule has 0 spiro atoms. The zero-order chi connectivity index (χ0) is 36.0. The van der Waals surface area contributed by atoms with Crippen molar-refractivity contribution in [1.82, 2.24) is 24.6 Å². The monoisotopic (exact) mass is 726 g/mol. The van der Waals surface area contributed by atoms with Gasteiger partial charge in [-0.3, -0.25) is 23.2 Å². The Balaban J connectivity index is 1.43. The summed E-state index contributed by atoms with van der Waals surface area (Å²) >= 11 is 0.936. The lowest BCUT2D eigenvalue weighted by atomic mass is 9.97.